The Balaban J connectivity index is 0.000000527. The van der Waals surface area contributed by atoms with E-state index in [0.29, 0.717) is 18.7 Å². The van der Waals surface area contributed by atoms with E-state index in [1.54, 1.807) is 13.0 Å². The molecule has 0 amide bonds. The van der Waals surface area contributed by atoms with Gasteiger partial charge in [-0.25, -0.2) is 14.4 Å². The molecule has 0 unspecified atom stereocenters. The summed E-state index contributed by atoms with van der Waals surface area (Å²) in [5, 5.41) is 25.8. The number of carboxylic acid groups (broad SMARTS) is 2. The molecule has 1 aromatic heterocycles. The zero-order valence-corrected chi connectivity index (χ0v) is 15.9. The molecule has 0 fully saturated rings. The lowest BCUT2D eigenvalue weighted by molar-refractivity contribution is -0.159. The maximum absolute atomic E-state index is 12.3. The van der Waals surface area contributed by atoms with Crippen LogP contribution in [0.25, 0.3) is 10.9 Å². The number of esters is 1. The fourth-order valence-electron chi connectivity index (χ4n) is 2.64. The van der Waals surface area contributed by atoms with Crippen molar-refractivity contribution < 1.29 is 34.4 Å². The Labute approximate surface area is 156 Å². The summed E-state index contributed by atoms with van der Waals surface area (Å²) in [6.07, 6.45) is 0. The molecule has 2 aromatic rings. The normalized spacial score (nSPS) is 10.4. The van der Waals surface area contributed by atoms with Crippen molar-refractivity contribution in [3.8, 4) is 5.75 Å². The van der Waals surface area contributed by atoms with Crippen molar-refractivity contribution in [2.24, 2.45) is 7.05 Å². The zero-order valence-electron chi connectivity index (χ0n) is 15.9. The Hall–Kier alpha value is -3.07. The minimum atomic E-state index is -1.82. The summed E-state index contributed by atoms with van der Waals surface area (Å²) in [5.41, 5.74) is 3.06. The van der Waals surface area contributed by atoms with Crippen LogP contribution in [0, 0.1) is 6.92 Å². The molecule has 27 heavy (non-hydrogen) atoms. The van der Waals surface area contributed by atoms with Crippen LogP contribution < -0.4 is 0 Å². The van der Waals surface area contributed by atoms with Crippen LogP contribution in [-0.2, 0) is 27.9 Å². The first-order valence-electron chi connectivity index (χ1n) is 8.10. The van der Waals surface area contributed by atoms with Gasteiger partial charge in [0.25, 0.3) is 0 Å². The minimum absolute atomic E-state index is 0.201. The van der Waals surface area contributed by atoms with E-state index in [0.717, 1.165) is 22.2 Å². The molecular formula is C18H24N2O7. The van der Waals surface area contributed by atoms with E-state index in [9.17, 15) is 9.90 Å². The number of aromatic nitrogens is 1. The number of nitrogens with zero attached hydrogens (tertiary/aromatic N) is 2. The molecule has 148 valence electrons. The number of carbonyl (C=O) groups excluding carboxylic acids is 1. The average Bonchev–Trinajstić information content (AvgIpc) is 2.82. The largest absolute Gasteiger partial charge is 0.508 e. The molecule has 0 saturated carbocycles. The van der Waals surface area contributed by atoms with Crippen molar-refractivity contribution in [2.75, 3.05) is 20.7 Å². The van der Waals surface area contributed by atoms with Crippen LogP contribution in [0.2, 0.25) is 0 Å². The number of aryl methyl sites for hydroxylation is 1. The number of hydrogen-bond donors (Lipinski definition) is 3. The highest BCUT2D eigenvalue weighted by Crippen LogP contribution is 2.34. The van der Waals surface area contributed by atoms with Gasteiger partial charge in [0.2, 0.25) is 0 Å². The Morgan fingerprint density at radius 1 is 1.15 bits per heavy atom. The number of aromatic hydroxyl groups is 1. The Bertz CT molecular complexity index is 856. The van der Waals surface area contributed by atoms with E-state index in [-0.39, 0.29) is 11.7 Å². The lowest BCUT2D eigenvalue weighted by Crippen LogP contribution is -2.12. The number of aliphatic carboxylic acids is 2. The molecule has 0 aliphatic carbocycles. The first kappa shape index (κ1) is 22.0. The number of phenols is 1. The molecule has 0 atom stereocenters. The van der Waals surface area contributed by atoms with E-state index >= 15 is 0 Å². The van der Waals surface area contributed by atoms with Gasteiger partial charge in [0.15, 0.2) is 0 Å². The molecule has 9 nitrogen and oxygen atoms in total. The van der Waals surface area contributed by atoms with Crippen LogP contribution in [0.5, 0.6) is 5.75 Å². The van der Waals surface area contributed by atoms with Gasteiger partial charge in [0, 0.05) is 35.8 Å². The second kappa shape index (κ2) is 9.04. The lowest BCUT2D eigenvalue weighted by Gasteiger charge is -2.13. The smallest absolute Gasteiger partial charge is 0.414 e. The third-order valence-corrected chi connectivity index (χ3v) is 3.88. The Morgan fingerprint density at radius 3 is 2.15 bits per heavy atom. The maximum Gasteiger partial charge on any atom is 0.414 e. The molecule has 0 bridgehead atoms. The summed E-state index contributed by atoms with van der Waals surface area (Å²) >= 11 is 0. The number of rotatable bonds is 4. The van der Waals surface area contributed by atoms with Crippen LogP contribution in [-0.4, -0.2) is 63.4 Å². The number of carboxylic acids is 2. The van der Waals surface area contributed by atoms with Gasteiger partial charge in [0.05, 0.1) is 12.2 Å². The molecule has 0 spiro atoms. The highest BCUT2D eigenvalue weighted by atomic mass is 16.5. The highest BCUT2D eigenvalue weighted by Gasteiger charge is 2.23. The number of ether oxygens (including phenoxy) is 1. The predicted octanol–water partition coefficient (Wildman–Crippen LogP) is 1.59. The monoisotopic (exact) mass is 380 g/mol. The SMILES string of the molecule is CCOC(=O)c1c(C)n(C)c2ccc(O)c(CN(C)C)c12.O=C(O)C(=O)O. The van der Waals surface area contributed by atoms with Crippen LogP contribution in [0.1, 0.15) is 28.5 Å². The van der Waals surface area contributed by atoms with Gasteiger partial charge in [0.1, 0.15) is 5.75 Å². The summed E-state index contributed by atoms with van der Waals surface area (Å²) in [4.78, 5) is 32.5. The van der Waals surface area contributed by atoms with Gasteiger partial charge in [-0.05, 0) is 40.1 Å². The number of fused-ring (bicyclic) bond motifs is 1. The standard InChI is InChI=1S/C16H22N2O3.C2H2O4/c1-6-21-16(20)14-10(2)18(5)12-7-8-13(19)11(15(12)14)9-17(3)4;3-1(4)2(5)6/h7-8,19H,6,9H2,1-5H3;(H,3,4)(H,5,6). The van der Waals surface area contributed by atoms with Crippen LogP contribution in [0.15, 0.2) is 12.1 Å². The molecule has 9 heteroatoms. The Morgan fingerprint density at radius 2 is 1.70 bits per heavy atom. The van der Waals surface area contributed by atoms with Gasteiger partial charge in [-0.15, -0.1) is 0 Å². The number of phenolic OH excluding ortho intramolecular Hbond substituents is 1. The fourth-order valence-corrected chi connectivity index (χ4v) is 2.64. The zero-order chi connectivity index (χ0) is 20.9. The molecule has 3 N–H and O–H groups in total. The highest BCUT2D eigenvalue weighted by molar-refractivity contribution is 6.27. The lowest BCUT2D eigenvalue weighted by atomic mass is 10.0. The number of hydrogen-bond acceptors (Lipinski definition) is 6. The molecule has 1 heterocycles. The van der Waals surface area contributed by atoms with Crippen molar-refractivity contribution in [1.82, 2.24) is 9.47 Å². The minimum Gasteiger partial charge on any atom is -0.508 e. The molecule has 0 aliphatic rings. The van der Waals surface area contributed by atoms with E-state index in [1.807, 2.05) is 43.6 Å². The van der Waals surface area contributed by atoms with Gasteiger partial charge in [-0.1, -0.05) is 0 Å². The molecule has 0 saturated heterocycles. The van der Waals surface area contributed by atoms with Gasteiger partial charge in [-0.3, -0.25) is 0 Å². The van der Waals surface area contributed by atoms with Crippen LogP contribution in [0.4, 0.5) is 0 Å². The molecule has 0 radical (unpaired) electrons. The second-order valence-corrected chi connectivity index (χ2v) is 6.05. The van der Waals surface area contributed by atoms with Crippen molar-refractivity contribution in [3.63, 3.8) is 0 Å². The van der Waals surface area contributed by atoms with Crippen molar-refractivity contribution in [1.29, 1.82) is 0 Å². The van der Waals surface area contributed by atoms with E-state index in [2.05, 4.69) is 0 Å². The van der Waals surface area contributed by atoms with E-state index in [1.165, 1.54) is 0 Å². The average molecular weight is 380 g/mol. The third-order valence-electron chi connectivity index (χ3n) is 3.88. The van der Waals surface area contributed by atoms with Crippen molar-refractivity contribution in [2.45, 2.75) is 20.4 Å². The van der Waals surface area contributed by atoms with Crippen LogP contribution >= 0.6 is 0 Å². The predicted molar refractivity (Wildman–Crippen MR) is 97.9 cm³/mol. The fraction of sp³-hybridized carbons (Fsp3) is 0.389. The van der Waals surface area contributed by atoms with Crippen molar-refractivity contribution >= 4 is 28.8 Å². The molecule has 1 aromatic carbocycles. The quantitative estimate of drug-likeness (QED) is 0.539. The molecule has 2 rings (SSSR count). The van der Waals surface area contributed by atoms with E-state index < -0.39 is 11.9 Å². The number of benzene rings is 1. The summed E-state index contributed by atoms with van der Waals surface area (Å²) in [5.74, 6) is -3.79. The summed E-state index contributed by atoms with van der Waals surface area (Å²) in [6, 6.07) is 3.51. The summed E-state index contributed by atoms with van der Waals surface area (Å²) < 4.78 is 7.14. The van der Waals surface area contributed by atoms with E-state index in [4.69, 9.17) is 24.5 Å². The summed E-state index contributed by atoms with van der Waals surface area (Å²) in [6.45, 7) is 4.56. The van der Waals surface area contributed by atoms with Gasteiger partial charge in [-0.2, -0.15) is 0 Å². The molecule has 0 aliphatic heterocycles. The Kier molecular flexibility index (Phi) is 7.36. The second-order valence-electron chi connectivity index (χ2n) is 6.05. The number of carbonyl (C=O) groups is 3. The van der Waals surface area contributed by atoms with Crippen molar-refractivity contribution in [3.05, 3.63) is 29.0 Å². The summed E-state index contributed by atoms with van der Waals surface area (Å²) in [7, 11) is 5.77. The molecular weight excluding hydrogens is 356 g/mol. The topological polar surface area (TPSA) is 129 Å². The maximum atomic E-state index is 12.3. The first-order valence-corrected chi connectivity index (χ1v) is 8.10. The van der Waals surface area contributed by atoms with Gasteiger partial charge < -0.3 is 29.5 Å². The first-order chi connectivity index (χ1) is 12.5. The van der Waals surface area contributed by atoms with Crippen LogP contribution in [0.3, 0.4) is 0 Å². The van der Waals surface area contributed by atoms with Gasteiger partial charge >= 0.3 is 17.9 Å². The third kappa shape index (κ3) is 4.98.